The van der Waals surface area contributed by atoms with Crippen LogP contribution in [0.3, 0.4) is 0 Å². The van der Waals surface area contributed by atoms with Gasteiger partial charge in [-0.05, 0) is 0 Å². The van der Waals surface area contributed by atoms with Gasteiger partial charge in [0, 0.05) is 25.1 Å². The first-order chi connectivity index (χ1) is 10.4. The Morgan fingerprint density at radius 2 is 2.05 bits per heavy atom. The summed E-state index contributed by atoms with van der Waals surface area (Å²) in [7, 11) is 0. The van der Waals surface area contributed by atoms with Crippen molar-refractivity contribution in [1.82, 2.24) is 9.55 Å². The summed E-state index contributed by atoms with van der Waals surface area (Å²) < 4.78 is 17.1. The van der Waals surface area contributed by atoms with Crippen molar-refractivity contribution in [3.8, 4) is 0 Å². The minimum atomic E-state index is -1.14. The Bertz CT molecular complexity index is 736. The Morgan fingerprint density at radius 1 is 1.32 bits per heavy atom. The van der Waals surface area contributed by atoms with Crippen LogP contribution in [-0.4, -0.2) is 39.8 Å². The summed E-state index contributed by atoms with van der Waals surface area (Å²) in [5, 5.41) is 0. The van der Waals surface area contributed by atoms with E-state index in [9.17, 15) is 19.2 Å². The van der Waals surface area contributed by atoms with Crippen molar-refractivity contribution in [3.63, 3.8) is 0 Å². The molecule has 3 heterocycles. The predicted molar refractivity (Wildman–Crippen MR) is 69.8 cm³/mol. The molecule has 2 aliphatic rings. The molecule has 22 heavy (non-hydrogen) atoms. The van der Waals surface area contributed by atoms with Gasteiger partial charge in [-0.15, -0.1) is 0 Å². The highest BCUT2D eigenvalue weighted by Gasteiger charge is 2.57. The standard InChI is InChI=1S/C13H14N2O7/c1-5-8-9(10(12(18)22-8)20-6(2)16)21-11(5)15-4-3-7(17)14-13(15)19/h3-5,8-11H,1-2H3,(H,14,17,19)/t5-,8-,9+,10-,11-/m0/s1. The van der Waals surface area contributed by atoms with Crippen LogP contribution in [0, 0.1) is 5.92 Å². The summed E-state index contributed by atoms with van der Waals surface area (Å²) in [6.45, 7) is 2.93. The molecule has 0 saturated carbocycles. The second-order valence-corrected chi connectivity index (χ2v) is 5.30. The molecule has 0 radical (unpaired) electrons. The minimum Gasteiger partial charge on any atom is -0.456 e. The molecule has 0 amide bonds. The van der Waals surface area contributed by atoms with Crippen molar-refractivity contribution >= 4 is 11.9 Å². The van der Waals surface area contributed by atoms with E-state index in [-0.39, 0.29) is 5.92 Å². The summed E-state index contributed by atoms with van der Waals surface area (Å²) in [5.41, 5.74) is -1.14. The van der Waals surface area contributed by atoms with Gasteiger partial charge in [0.2, 0.25) is 6.10 Å². The summed E-state index contributed by atoms with van der Waals surface area (Å²) in [4.78, 5) is 47.9. The Hall–Kier alpha value is -2.42. The van der Waals surface area contributed by atoms with E-state index in [0.717, 1.165) is 0 Å². The lowest BCUT2D eigenvalue weighted by Gasteiger charge is -2.20. The lowest BCUT2D eigenvalue weighted by atomic mass is 10.0. The number of aromatic nitrogens is 2. The molecule has 5 atom stereocenters. The summed E-state index contributed by atoms with van der Waals surface area (Å²) in [6, 6.07) is 1.20. The topological polar surface area (TPSA) is 117 Å². The molecule has 1 aromatic heterocycles. The highest BCUT2D eigenvalue weighted by molar-refractivity contribution is 5.81. The van der Waals surface area contributed by atoms with E-state index in [1.807, 2.05) is 0 Å². The number of ether oxygens (including phenoxy) is 3. The van der Waals surface area contributed by atoms with Gasteiger partial charge in [0.1, 0.15) is 18.4 Å². The van der Waals surface area contributed by atoms with Crippen LogP contribution in [0.2, 0.25) is 0 Å². The van der Waals surface area contributed by atoms with Crippen LogP contribution < -0.4 is 11.2 Å². The zero-order chi connectivity index (χ0) is 16.0. The van der Waals surface area contributed by atoms with Gasteiger partial charge in [-0.25, -0.2) is 9.59 Å². The van der Waals surface area contributed by atoms with Crippen molar-refractivity contribution in [1.29, 1.82) is 0 Å². The fourth-order valence-electron chi connectivity index (χ4n) is 2.82. The SMILES string of the molecule is CC(=O)O[C@@H]1C(=O)O[C@H]2[C@H](C)[C@@H](n3ccc(=O)[nH]c3=O)O[C@H]21. The molecule has 9 nitrogen and oxygen atoms in total. The Kier molecular flexibility index (Phi) is 3.36. The molecule has 0 bridgehead atoms. The third kappa shape index (κ3) is 2.23. The first-order valence-corrected chi connectivity index (χ1v) is 6.73. The quantitative estimate of drug-likeness (QED) is 0.691. The van der Waals surface area contributed by atoms with E-state index < -0.39 is 47.7 Å². The fourth-order valence-corrected chi connectivity index (χ4v) is 2.82. The smallest absolute Gasteiger partial charge is 0.350 e. The van der Waals surface area contributed by atoms with Crippen LogP contribution >= 0.6 is 0 Å². The molecule has 118 valence electrons. The summed E-state index contributed by atoms with van der Waals surface area (Å²) in [5.74, 6) is -1.63. The van der Waals surface area contributed by atoms with Crippen LogP contribution in [0.1, 0.15) is 20.1 Å². The number of carbonyl (C=O) groups is 2. The number of carbonyl (C=O) groups excluding carboxylic acids is 2. The molecule has 0 aromatic carbocycles. The van der Waals surface area contributed by atoms with Crippen molar-refractivity contribution in [3.05, 3.63) is 33.1 Å². The molecular weight excluding hydrogens is 296 g/mol. The van der Waals surface area contributed by atoms with Gasteiger partial charge >= 0.3 is 17.6 Å². The third-order valence-corrected chi connectivity index (χ3v) is 3.79. The Balaban J connectivity index is 1.90. The van der Waals surface area contributed by atoms with E-state index in [2.05, 4.69) is 4.98 Å². The van der Waals surface area contributed by atoms with Gasteiger partial charge in [-0.2, -0.15) is 0 Å². The predicted octanol–water partition coefficient (Wildman–Crippen LogP) is -1.07. The molecule has 0 unspecified atom stereocenters. The van der Waals surface area contributed by atoms with Gasteiger partial charge in [0.25, 0.3) is 5.56 Å². The maximum atomic E-state index is 11.9. The van der Waals surface area contributed by atoms with E-state index in [4.69, 9.17) is 14.2 Å². The maximum Gasteiger partial charge on any atom is 0.350 e. The van der Waals surface area contributed by atoms with Crippen LogP contribution in [0.15, 0.2) is 21.9 Å². The molecule has 3 rings (SSSR count). The van der Waals surface area contributed by atoms with Crippen LogP contribution in [0.5, 0.6) is 0 Å². The third-order valence-electron chi connectivity index (χ3n) is 3.79. The van der Waals surface area contributed by atoms with E-state index >= 15 is 0 Å². The van der Waals surface area contributed by atoms with Gasteiger partial charge < -0.3 is 14.2 Å². The van der Waals surface area contributed by atoms with Crippen molar-refractivity contribution in [2.24, 2.45) is 5.92 Å². The van der Waals surface area contributed by atoms with Gasteiger partial charge in [0.05, 0.1) is 0 Å². The molecule has 1 aromatic rings. The number of aromatic amines is 1. The van der Waals surface area contributed by atoms with Gasteiger partial charge in [-0.3, -0.25) is 19.1 Å². The summed E-state index contributed by atoms with van der Waals surface area (Å²) in [6.07, 6.45) is -1.97. The van der Waals surface area contributed by atoms with Gasteiger partial charge in [-0.1, -0.05) is 6.92 Å². The number of nitrogens with one attached hydrogen (secondary N) is 1. The number of H-pyrrole nitrogens is 1. The molecule has 9 heteroatoms. The van der Waals surface area contributed by atoms with Crippen molar-refractivity contribution < 1.29 is 23.8 Å². The minimum absolute atomic E-state index is 0.349. The lowest BCUT2D eigenvalue weighted by molar-refractivity contribution is -0.166. The first kappa shape index (κ1) is 14.5. The van der Waals surface area contributed by atoms with Crippen LogP contribution in [0.25, 0.3) is 0 Å². The zero-order valence-electron chi connectivity index (χ0n) is 11.8. The molecular formula is C13H14N2O7. The molecule has 0 aliphatic carbocycles. The molecule has 1 N–H and O–H groups in total. The highest BCUT2D eigenvalue weighted by atomic mass is 16.7. The average Bonchev–Trinajstić information content (AvgIpc) is 2.89. The van der Waals surface area contributed by atoms with Crippen molar-refractivity contribution in [2.45, 2.75) is 38.4 Å². The highest BCUT2D eigenvalue weighted by Crippen LogP contribution is 2.41. The Morgan fingerprint density at radius 3 is 2.68 bits per heavy atom. The fraction of sp³-hybridized carbons (Fsp3) is 0.538. The normalized spacial score (nSPS) is 33.4. The monoisotopic (exact) mass is 310 g/mol. The largest absolute Gasteiger partial charge is 0.456 e. The van der Waals surface area contributed by atoms with E-state index in [1.54, 1.807) is 6.92 Å². The molecule has 2 saturated heterocycles. The second-order valence-electron chi connectivity index (χ2n) is 5.30. The zero-order valence-corrected chi connectivity index (χ0v) is 11.8. The van der Waals surface area contributed by atoms with Crippen molar-refractivity contribution in [2.75, 3.05) is 0 Å². The average molecular weight is 310 g/mol. The number of fused-ring (bicyclic) bond motifs is 1. The molecule has 2 fully saturated rings. The number of hydrogen-bond acceptors (Lipinski definition) is 7. The summed E-state index contributed by atoms with van der Waals surface area (Å²) >= 11 is 0. The molecule has 2 aliphatic heterocycles. The number of rotatable bonds is 2. The van der Waals surface area contributed by atoms with Crippen LogP contribution in [0.4, 0.5) is 0 Å². The number of hydrogen-bond donors (Lipinski definition) is 1. The molecule has 0 spiro atoms. The Labute approximate surface area is 123 Å². The lowest BCUT2D eigenvalue weighted by Crippen LogP contribution is -2.36. The first-order valence-electron chi connectivity index (χ1n) is 6.73. The number of esters is 2. The van der Waals surface area contributed by atoms with Crippen LogP contribution in [-0.2, 0) is 23.8 Å². The maximum absolute atomic E-state index is 11.9. The van der Waals surface area contributed by atoms with E-state index in [1.165, 1.54) is 23.8 Å². The number of nitrogens with zero attached hydrogens (tertiary/aromatic N) is 1. The van der Waals surface area contributed by atoms with E-state index in [0.29, 0.717) is 0 Å². The second kappa shape index (κ2) is 5.09. The van der Waals surface area contributed by atoms with Gasteiger partial charge in [0.15, 0.2) is 0 Å².